The first kappa shape index (κ1) is 21.6. The van der Waals surface area contributed by atoms with Crippen LogP contribution in [-0.2, 0) is 22.6 Å². The van der Waals surface area contributed by atoms with Gasteiger partial charge >= 0.3 is 0 Å². The van der Waals surface area contributed by atoms with E-state index in [4.69, 9.17) is 4.74 Å². The monoisotopic (exact) mass is 434 g/mol. The molecule has 2 saturated heterocycles. The maximum atomic E-state index is 13.4. The minimum absolute atomic E-state index is 0.0667. The third-order valence-electron chi connectivity index (χ3n) is 6.96. The molecule has 1 aromatic carbocycles. The molecule has 5 rings (SSSR count). The number of hydrogen-bond donors (Lipinski definition) is 0. The number of likely N-dealkylation sites (tertiary alicyclic amines) is 1. The third kappa shape index (κ3) is 5.20. The maximum Gasteiger partial charge on any atom is 0.253 e. The van der Waals surface area contributed by atoms with Crippen LogP contribution in [0.25, 0.3) is 0 Å². The molecular weight excluding hydrogens is 400 g/mol. The second kappa shape index (κ2) is 9.30. The van der Waals surface area contributed by atoms with E-state index in [9.17, 15) is 4.79 Å². The number of likely N-dealkylation sites (N-methyl/N-ethyl adjacent to an activating group) is 1. The lowest BCUT2D eigenvalue weighted by Gasteiger charge is -2.45. The van der Waals surface area contributed by atoms with E-state index < -0.39 is 6.10 Å². The van der Waals surface area contributed by atoms with Gasteiger partial charge in [-0.1, -0.05) is 36.4 Å². The number of ether oxygens (including phenoxy) is 1. The smallest absolute Gasteiger partial charge is 0.253 e. The van der Waals surface area contributed by atoms with Crippen LogP contribution in [0.1, 0.15) is 30.5 Å². The predicted octanol–water partition coefficient (Wildman–Crippen LogP) is 2.80. The molecule has 2 aliphatic heterocycles. The van der Waals surface area contributed by atoms with Crippen molar-refractivity contribution in [3.63, 3.8) is 0 Å². The summed E-state index contributed by atoms with van der Waals surface area (Å²) in [6.45, 7) is 6.07. The molecule has 170 valence electrons. The van der Waals surface area contributed by atoms with Crippen LogP contribution in [0.5, 0.6) is 0 Å². The Bertz CT molecular complexity index is 905. The van der Waals surface area contributed by atoms with Crippen molar-refractivity contribution in [3.8, 4) is 0 Å². The largest absolute Gasteiger partial charge is 0.358 e. The highest BCUT2D eigenvalue weighted by molar-refractivity contribution is 5.81. The fraction of sp³-hybridized carbons (Fsp3) is 0.538. The third-order valence-corrected chi connectivity index (χ3v) is 6.96. The van der Waals surface area contributed by atoms with Crippen LogP contribution in [0, 0.1) is 5.92 Å². The quantitative estimate of drug-likeness (QED) is 0.671. The molecular formula is C26H34N4O2. The minimum atomic E-state index is -0.409. The van der Waals surface area contributed by atoms with Gasteiger partial charge in [0.25, 0.3) is 5.91 Å². The number of amides is 1. The number of hydrogen-bond acceptors (Lipinski definition) is 5. The molecule has 1 spiro atoms. The number of benzene rings is 1. The number of carbonyl (C=O) groups is 1. The highest BCUT2D eigenvalue weighted by atomic mass is 16.5. The van der Waals surface area contributed by atoms with Crippen LogP contribution in [0.2, 0.25) is 0 Å². The number of pyridine rings is 1. The second-order valence-electron chi connectivity index (χ2n) is 9.89. The van der Waals surface area contributed by atoms with Crippen molar-refractivity contribution < 1.29 is 9.53 Å². The fourth-order valence-electron chi connectivity index (χ4n) is 5.20. The van der Waals surface area contributed by atoms with Gasteiger partial charge in [0.15, 0.2) is 0 Å². The van der Waals surface area contributed by atoms with Crippen molar-refractivity contribution in [1.29, 1.82) is 0 Å². The van der Waals surface area contributed by atoms with Gasteiger partial charge in [-0.15, -0.1) is 0 Å². The molecule has 6 nitrogen and oxygen atoms in total. The molecule has 2 aromatic rings. The van der Waals surface area contributed by atoms with Gasteiger partial charge in [-0.05, 0) is 42.9 Å². The summed E-state index contributed by atoms with van der Waals surface area (Å²) in [5.41, 5.74) is 1.98. The van der Waals surface area contributed by atoms with Crippen molar-refractivity contribution in [2.45, 2.75) is 44.1 Å². The van der Waals surface area contributed by atoms with E-state index in [-0.39, 0.29) is 11.5 Å². The van der Waals surface area contributed by atoms with Crippen molar-refractivity contribution in [2.24, 2.45) is 5.92 Å². The summed E-state index contributed by atoms with van der Waals surface area (Å²) in [5.74, 6) is 0.867. The van der Waals surface area contributed by atoms with E-state index in [0.29, 0.717) is 13.1 Å². The van der Waals surface area contributed by atoms with Gasteiger partial charge < -0.3 is 9.64 Å². The highest BCUT2D eigenvalue weighted by Gasteiger charge is 2.48. The number of rotatable bonds is 7. The molecule has 3 aliphatic rings. The molecule has 3 heterocycles. The fourth-order valence-corrected chi connectivity index (χ4v) is 5.20. The van der Waals surface area contributed by atoms with Crippen LogP contribution in [0.4, 0.5) is 0 Å². The topological polar surface area (TPSA) is 48.9 Å². The first-order valence-electron chi connectivity index (χ1n) is 11.9. The normalized spacial score (nSPS) is 26.5. The summed E-state index contributed by atoms with van der Waals surface area (Å²) < 4.78 is 6.66. The summed E-state index contributed by atoms with van der Waals surface area (Å²) in [5, 5.41) is 0. The lowest BCUT2D eigenvalue weighted by atomic mass is 9.98. The van der Waals surface area contributed by atoms with Gasteiger partial charge in [0.2, 0.25) is 0 Å². The van der Waals surface area contributed by atoms with Gasteiger partial charge in [0.05, 0.1) is 17.8 Å². The summed E-state index contributed by atoms with van der Waals surface area (Å²) in [6.07, 6.45) is 4.99. The van der Waals surface area contributed by atoms with Crippen molar-refractivity contribution in [2.75, 3.05) is 39.8 Å². The van der Waals surface area contributed by atoms with E-state index in [0.717, 1.165) is 50.8 Å². The van der Waals surface area contributed by atoms with Crippen molar-refractivity contribution in [3.05, 3.63) is 66.0 Å². The number of nitrogens with zero attached hydrogens (tertiary/aromatic N) is 4. The van der Waals surface area contributed by atoms with E-state index in [1.54, 1.807) is 11.1 Å². The molecule has 0 unspecified atom stereocenters. The molecule has 1 saturated carbocycles. The SMILES string of the molecule is CN(Cc1ccccn1)C(=O)[C@H]1CN(CC2CC2)C[C@@]2(CCN(Cc3ccccc3)C2)O1. The van der Waals surface area contributed by atoms with Crippen LogP contribution in [0.15, 0.2) is 54.7 Å². The number of aromatic nitrogens is 1. The Morgan fingerprint density at radius 3 is 2.66 bits per heavy atom. The molecule has 1 aliphatic carbocycles. The first-order valence-corrected chi connectivity index (χ1v) is 11.9. The average molecular weight is 435 g/mol. The molecule has 2 atom stereocenters. The Morgan fingerprint density at radius 2 is 1.91 bits per heavy atom. The van der Waals surface area contributed by atoms with Crippen molar-refractivity contribution in [1.82, 2.24) is 19.7 Å². The number of carbonyl (C=O) groups excluding carboxylic acids is 1. The lowest BCUT2D eigenvalue weighted by molar-refractivity contribution is -0.177. The first-order chi connectivity index (χ1) is 15.6. The molecule has 0 bridgehead atoms. The average Bonchev–Trinajstić information content (AvgIpc) is 3.54. The predicted molar refractivity (Wildman–Crippen MR) is 124 cm³/mol. The Hall–Kier alpha value is -2.28. The summed E-state index contributed by atoms with van der Waals surface area (Å²) in [4.78, 5) is 24.5. The zero-order valence-corrected chi connectivity index (χ0v) is 19.0. The Kier molecular flexibility index (Phi) is 6.26. The van der Waals surface area contributed by atoms with Gasteiger partial charge in [0.1, 0.15) is 6.10 Å². The summed E-state index contributed by atoms with van der Waals surface area (Å²) >= 11 is 0. The zero-order valence-electron chi connectivity index (χ0n) is 19.0. The molecule has 1 amide bonds. The van der Waals surface area contributed by atoms with Gasteiger partial charge in [0, 0.05) is 52.5 Å². The molecule has 32 heavy (non-hydrogen) atoms. The van der Waals surface area contributed by atoms with Crippen molar-refractivity contribution >= 4 is 5.91 Å². The molecule has 6 heteroatoms. The van der Waals surface area contributed by atoms with E-state index in [1.807, 2.05) is 25.2 Å². The van der Waals surface area contributed by atoms with Gasteiger partial charge in [-0.25, -0.2) is 0 Å². The van der Waals surface area contributed by atoms with Crippen LogP contribution in [0.3, 0.4) is 0 Å². The van der Waals surface area contributed by atoms with E-state index in [1.165, 1.54) is 18.4 Å². The molecule has 0 N–H and O–H groups in total. The van der Waals surface area contributed by atoms with Crippen LogP contribution in [-0.4, -0.2) is 77.1 Å². The van der Waals surface area contributed by atoms with Gasteiger partial charge in [-0.3, -0.25) is 19.6 Å². The standard InChI is InChI=1S/C26H34N4O2/c1-28(17-23-9-5-6-13-27-23)25(31)24-18-30(16-22-10-11-22)20-26(32-24)12-14-29(19-26)15-21-7-3-2-4-8-21/h2-9,13,22,24H,10-12,14-20H2,1H3/t24-,26+/m1/s1. The summed E-state index contributed by atoms with van der Waals surface area (Å²) in [6, 6.07) is 16.5. The van der Waals surface area contributed by atoms with Gasteiger partial charge in [-0.2, -0.15) is 0 Å². The molecule has 0 radical (unpaired) electrons. The maximum absolute atomic E-state index is 13.4. The zero-order chi connectivity index (χ0) is 22.0. The van der Waals surface area contributed by atoms with Crippen LogP contribution >= 0.6 is 0 Å². The second-order valence-corrected chi connectivity index (χ2v) is 9.89. The Labute approximate surface area is 191 Å². The summed E-state index contributed by atoms with van der Waals surface area (Å²) in [7, 11) is 1.86. The minimum Gasteiger partial charge on any atom is -0.358 e. The number of morpholine rings is 1. The Balaban J connectivity index is 1.27. The highest BCUT2D eigenvalue weighted by Crippen LogP contribution is 2.36. The van der Waals surface area contributed by atoms with E-state index >= 15 is 0 Å². The molecule has 1 aromatic heterocycles. The van der Waals surface area contributed by atoms with Crippen LogP contribution < -0.4 is 0 Å². The lowest BCUT2D eigenvalue weighted by Crippen LogP contribution is -2.60. The van der Waals surface area contributed by atoms with E-state index in [2.05, 4.69) is 45.1 Å². The Morgan fingerprint density at radius 1 is 1.12 bits per heavy atom. The molecule has 3 fully saturated rings.